The van der Waals surface area contributed by atoms with E-state index in [4.69, 9.17) is 4.74 Å². The van der Waals surface area contributed by atoms with Gasteiger partial charge in [0.15, 0.2) is 10.7 Å². The molecule has 1 aromatic rings. The van der Waals surface area contributed by atoms with E-state index < -0.39 is 21.5 Å². The molecule has 7 nitrogen and oxygen atoms in total. The molecule has 2 heterocycles. The van der Waals surface area contributed by atoms with E-state index in [1.807, 2.05) is 0 Å². The minimum Gasteiger partial charge on any atom is -0.363 e. The van der Waals surface area contributed by atoms with Crippen LogP contribution in [0.25, 0.3) is 0 Å². The van der Waals surface area contributed by atoms with Crippen molar-refractivity contribution in [3.8, 4) is 0 Å². The lowest BCUT2D eigenvalue weighted by atomic mass is 10.0. The van der Waals surface area contributed by atoms with E-state index in [0.29, 0.717) is 5.13 Å². The van der Waals surface area contributed by atoms with Crippen molar-refractivity contribution in [1.82, 2.24) is 9.29 Å². The molecule has 0 aliphatic carbocycles. The molecule has 0 spiro atoms. The normalized spacial score (nSPS) is 25.2. The molecule has 9 heteroatoms. The van der Waals surface area contributed by atoms with E-state index in [9.17, 15) is 13.2 Å². The standard InChI is InChI=1S/C10H15N3O4S2/c1-10(8(14)12-9-11-3-6-18-9)7-13(4-5-17-10)19(2,15)16/h3,6H,4-5,7H2,1-2H3,(H,11,12,14)/t10-/m1/s1. The molecule has 106 valence electrons. The maximum atomic E-state index is 12.2. The molecular formula is C10H15N3O4S2. The Morgan fingerprint density at radius 2 is 2.37 bits per heavy atom. The van der Waals surface area contributed by atoms with Crippen LogP contribution in [0, 0.1) is 0 Å². The predicted octanol–water partition coefficient (Wildman–Crippen LogP) is 0.132. The summed E-state index contributed by atoms with van der Waals surface area (Å²) in [6.07, 6.45) is 2.70. The number of thiazole rings is 1. The van der Waals surface area contributed by atoms with E-state index in [0.717, 1.165) is 6.26 Å². The number of ether oxygens (including phenoxy) is 1. The Hall–Kier alpha value is -1.03. The van der Waals surface area contributed by atoms with Crippen LogP contribution in [0.2, 0.25) is 0 Å². The fourth-order valence-corrected chi connectivity index (χ4v) is 3.18. The van der Waals surface area contributed by atoms with Crippen LogP contribution in [0.15, 0.2) is 11.6 Å². The molecule has 1 aromatic heterocycles. The highest BCUT2D eigenvalue weighted by Gasteiger charge is 2.42. The number of sulfonamides is 1. The second-order valence-corrected chi connectivity index (χ2v) is 7.34. The van der Waals surface area contributed by atoms with Crippen LogP contribution in [0.3, 0.4) is 0 Å². The molecule has 0 radical (unpaired) electrons. The van der Waals surface area contributed by atoms with Crippen LogP contribution in [0.5, 0.6) is 0 Å². The molecule has 19 heavy (non-hydrogen) atoms. The first-order chi connectivity index (χ1) is 8.81. The summed E-state index contributed by atoms with van der Waals surface area (Å²) in [7, 11) is -3.33. The van der Waals surface area contributed by atoms with Crippen molar-refractivity contribution in [2.24, 2.45) is 0 Å². The Morgan fingerprint density at radius 3 is 2.95 bits per heavy atom. The number of hydrogen-bond donors (Lipinski definition) is 1. The second kappa shape index (κ2) is 5.16. The maximum absolute atomic E-state index is 12.2. The van der Waals surface area contributed by atoms with Crippen LogP contribution < -0.4 is 5.32 Å². The summed E-state index contributed by atoms with van der Waals surface area (Å²) in [4.78, 5) is 16.1. The molecule has 1 amide bonds. The Balaban J connectivity index is 2.11. The molecule has 0 bridgehead atoms. The highest BCUT2D eigenvalue weighted by atomic mass is 32.2. The van der Waals surface area contributed by atoms with Crippen molar-refractivity contribution in [3.63, 3.8) is 0 Å². The number of nitrogens with zero attached hydrogens (tertiary/aromatic N) is 2. The Labute approximate surface area is 115 Å². The van der Waals surface area contributed by atoms with E-state index in [2.05, 4.69) is 10.3 Å². The first-order valence-corrected chi connectivity index (χ1v) is 8.34. The predicted molar refractivity (Wildman–Crippen MR) is 71.5 cm³/mol. The number of nitrogens with one attached hydrogen (secondary N) is 1. The third-order valence-electron chi connectivity index (χ3n) is 2.84. The maximum Gasteiger partial charge on any atom is 0.259 e. The third-order valence-corrected chi connectivity index (χ3v) is 4.78. The number of rotatable bonds is 3. The summed E-state index contributed by atoms with van der Waals surface area (Å²) >= 11 is 1.29. The molecule has 0 unspecified atom stereocenters. The first kappa shape index (κ1) is 14.4. The highest BCUT2D eigenvalue weighted by Crippen LogP contribution is 2.22. The zero-order valence-electron chi connectivity index (χ0n) is 10.6. The van der Waals surface area contributed by atoms with Gasteiger partial charge in [-0.15, -0.1) is 11.3 Å². The number of hydrogen-bond acceptors (Lipinski definition) is 6. The van der Waals surface area contributed by atoms with Crippen LogP contribution in [0.4, 0.5) is 5.13 Å². The van der Waals surface area contributed by atoms with Crippen molar-refractivity contribution < 1.29 is 17.9 Å². The summed E-state index contributed by atoms with van der Waals surface area (Å²) in [5.41, 5.74) is -1.20. The minimum atomic E-state index is -3.33. The zero-order chi connectivity index (χ0) is 14.1. The van der Waals surface area contributed by atoms with E-state index >= 15 is 0 Å². The molecule has 1 saturated heterocycles. The zero-order valence-corrected chi connectivity index (χ0v) is 12.3. The smallest absolute Gasteiger partial charge is 0.259 e. The molecule has 2 rings (SSSR count). The van der Waals surface area contributed by atoms with Gasteiger partial charge in [-0.1, -0.05) is 0 Å². The second-order valence-electron chi connectivity index (χ2n) is 4.47. The van der Waals surface area contributed by atoms with E-state index in [1.165, 1.54) is 15.6 Å². The largest absolute Gasteiger partial charge is 0.363 e. The van der Waals surface area contributed by atoms with Crippen molar-refractivity contribution in [3.05, 3.63) is 11.6 Å². The average Bonchev–Trinajstić information content (AvgIpc) is 2.80. The minimum absolute atomic E-state index is 0.00302. The molecule has 1 N–H and O–H groups in total. The van der Waals surface area contributed by atoms with Gasteiger partial charge in [-0.2, -0.15) is 4.31 Å². The molecular weight excluding hydrogens is 290 g/mol. The molecule has 1 fully saturated rings. The number of morpholine rings is 1. The van der Waals surface area contributed by atoms with Gasteiger partial charge >= 0.3 is 0 Å². The Bertz CT molecular complexity index is 557. The van der Waals surface area contributed by atoms with Gasteiger partial charge in [-0.05, 0) is 6.92 Å². The fraction of sp³-hybridized carbons (Fsp3) is 0.600. The quantitative estimate of drug-likeness (QED) is 0.857. The first-order valence-electron chi connectivity index (χ1n) is 5.61. The van der Waals surface area contributed by atoms with Crippen molar-refractivity contribution in [2.75, 3.05) is 31.3 Å². The monoisotopic (exact) mass is 305 g/mol. The van der Waals surface area contributed by atoms with Gasteiger partial charge in [0.25, 0.3) is 5.91 Å². The fourth-order valence-electron chi connectivity index (χ4n) is 1.77. The highest BCUT2D eigenvalue weighted by molar-refractivity contribution is 7.88. The summed E-state index contributed by atoms with van der Waals surface area (Å²) in [5.74, 6) is -0.393. The SMILES string of the molecule is C[C@]1(C(=O)Nc2nccs2)CN(S(C)(=O)=O)CCO1. The summed E-state index contributed by atoms with van der Waals surface area (Å²) in [5, 5.41) is 4.83. The topological polar surface area (TPSA) is 88.6 Å². The number of carbonyl (C=O) groups is 1. The molecule has 0 saturated carbocycles. The van der Waals surface area contributed by atoms with E-state index in [-0.39, 0.29) is 19.7 Å². The lowest BCUT2D eigenvalue weighted by Crippen LogP contribution is -2.57. The van der Waals surface area contributed by atoms with Gasteiger partial charge < -0.3 is 4.74 Å². The van der Waals surface area contributed by atoms with Crippen LogP contribution >= 0.6 is 11.3 Å². The van der Waals surface area contributed by atoms with Gasteiger partial charge in [0.1, 0.15) is 0 Å². The lowest BCUT2D eigenvalue weighted by molar-refractivity contribution is -0.146. The summed E-state index contributed by atoms with van der Waals surface area (Å²) < 4.78 is 29.8. The van der Waals surface area contributed by atoms with Crippen molar-refractivity contribution in [2.45, 2.75) is 12.5 Å². The molecule has 0 aromatic carbocycles. The molecule has 1 aliphatic rings. The molecule has 1 aliphatic heterocycles. The van der Waals surface area contributed by atoms with Crippen molar-refractivity contribution in [1.29, 1.82) is 0 Å². The summed E-state index contributed by atoms with van der Waals surface area (Å²) in [6.45, 7) is 2.03. The van der Waals surface area contributed by atoms with Gasteiger partial charge in [0, 0.05) is 18.1 Å². The Kier molecular flexibility index (Phi) is 3.90. The van der Waals surface area contributed by atoms with Crippen molar-refractivity contribution >= 4 is 32.4 Å². The van der Waals surface area contributed by atoms with Gasteiger partial charge in [-0.3, -0.25) is 10.1 Å². The number of anilines is 1. The Morgan fingerprint density at radius 1 is 1.63 bits per heavy atom. The average molecular weight is 305 g/mol. The number of amides is 1. The van der Waals surface area contributed by atoms with Crippen LogP contribution in [-0.4, -0.2) is 55.2 Å². The lowest BCUT2D eigenvalue weighted by Gasteiger charge is -2.37. The van der Waals surface area contributed by atoms with Gasteiger partial charge in [0.2, 0.25) is 10.0 Å². The van der Waals surface area contributed by atoms with Gasteiger partial charge in [-0.25, -0.2) is 13.4 Å². The van der Waals surface area contributed by atoms with Crippen LogP contribution in [0.1, 0.15) is 6.92 Å². The third kappa shape index (κ3) is 3.30. The summed E-state index contributed by atoms with van der Waals surface area (Å²) in [6, 6.07) is 0. The van der Waals surface area contributed by atoms with Crippen LogP contribution in [-0.2, 0) is 19.6 Å². The van der Waals surface area contributed by atoms with Gasteiger partial charge in [0.05, 0.1) is 19.4 Å². The molecule has 1 atom stereocenters. The van der Waals surface area contributed by atoms with E-state index in [1.54, 1.807) is 18.5 Å². The number of aromatic nitrogens is 1. The number of carbonyl (C=O) groups excluding carboxylic acids is 1.